The van der Waals surface area contributed by atoms with E-state index in [1.807, 2.05) is 21.9 Å². The molecule has 30 heavy (non-hydrogen) atoms. The molecule has 1 amide bonds. The number of piperazine rings is 1. The molecule has 0 aliphatic carbocycles. The van der Waals surface area contributed by atoms with Crippen LogP contribution in [0.25, 0.3) is 0 Å². The van der Waals surface area contributed by atoms with E-state index in [1.165, 1.54) is 21.5 Å². The topological polar surface area (TPSA) is 60.9 Å². The molecular weight excluding hydrogens is 445 g/mol. The summed E-state index contributed by atoms with van der Waals surface area (Å²) in [5.41, 5.74) is 2.51. The third kappa shape index (κ3) is 4.36. The predicted molar refractivity (Wildman–Crippen MR) is 117 cm³/mol. The van der Waals surface area contributed by atoms with E-state index in [2.05, 4.69) is 12.1 Å². The number of fused-ring (bicyclic) bond motifs is 1. The van der Waals surface area contributed by atoms with Crippen LogP contribution in [0.2, 0.25) is 10.0 Å². The lowest BCUT2D eigenvalue weighted by Crippen LogP contribution is -2.51. The Morgan fingerprint density at radius 2 is 1.60 bits per heavy atom. The third-order valence-corrected chi connectivity index (χ3v) is 8.58. The van der Waals surface area contributed by atoms with Crippen molar-refractivity contribution in [2.24, 2.45) is 0 Å². The molecule has 0 saturated carbocycles. The quantitative estimate of drug-likeness (QED) is 0.693. The summed E-state index contributed by atoms with van der Waals surface area (Å²) in [7, 11) is -3.73. The zero-order chi connectivity index (χ0) is 21.3. The maximum absolute atomic E-state index is 12.9. The number of rotatable bonds is 4. The molecule has 160 valence electrons. The molecule has 2 aromatic rings. The van der Waals surface area contributed by atoms with Crippen molar-refractivity contribution in [1.29, 1.82) is 0 Å². The van der Waals surface area contributed by atoms with Gasteiger partial charge in [-0.05, 0) is 29.7 Å². The average molecular weight is 468 g/mol. The first kappa shape index (κ1) is 21.6. The van der Waals surface area contributed by atoms with Gasteiger partial charge in [-0.2, -0.15) is 4.31 Å². The summed E-state index contributed by atoms with van der Waals surface area (Å²) in [5.74, 6) is 0.0821. The molecule has 0 bridgehead atoms. The molecule has 0 aromatic heterocycles. The van der Waals surface area contributed by atoms with Gasteiger partial charge in [0.05, 0.1) is 16.6 Å². The standard InChI is InChI=1S/C21H23Cl2N3O3S/c22-18-6-3-7-19(21(18)23)30(28,29)26-12-10-24(11-13-26)15-20(27)25-9-8-16-4-1-2-5-17(16)14-25/h1-7H,8-15H2. The van der Waals surface area contributed by atoms with Crippen molar-refractivity contribution < 1.29 is 13.2 Å². The highest BCUT2D eigenvalue weighted by molar-refractivity contribution is 7.89. The third-order valence-electron chi connectivity index (χ3n) is 5.71. The van der Waals surface area contributed by atoms with E-state index in [0.29, 0.717) is 39.3 Å². The molecule has 0 unspecified atom stereocenters. The van der Waals surface area contributed by atoms with Gasteiger partial charge < -0.3 is 4.90 Å². The summed E-state index contributed by atoms with van der Waals surface area (Å²) in [5, 5.41) is 0.257. The minimum absolute atomic E-state index is 0.0215. The van der Waals surface area contributed by atoms with E-state index in [1.54, 1.807) is 12.1 Å². The van der Waals surface area contributed by atoms with Gasteiger partial charge in [0.2, 0.25) is 15.9 Å². The SMILES string of the molecule is O=C(CN1CCN(S(=O)(=O)c2cccc(Cl)c2Cl)CC1)N1CCc2ccccc2C1. The van der Waals surface area contributed by atoms with E-state index in [4.69, 9.17) is 23.2 Å². The van der Waals surface area contributed by atoms with Gasteiger partial charge in [-0.25, -0.2) is 8.42 Å². The Labute approximate surface area is 187 Å². The number of benzene rings is 2. The highest BCUT2D eigenvalue weighted by atomic mass is 35.5. The van der Waals surface area contributed by atoms with Crippen molar-refractivity contribution in [3.63, 3.8) is 0 Å². The van der Waals surface area contributed by atoms with Gasteiger partial charge >= 0.3 is 0 Å². The Bertz CT molecular complexity index is 1050. The van der Waals surface area contributed by atoms with Crippen molar-refractivity contribution in [2.45, 2.75) is 17.9 Å². The van der Waals surface area contributed by atoms with Crippen LogP contribution in [0.5, 0.6) is 0 Å². The molecule has 2 aliphatic heterocycles. The van der Waals surface area contributed by atoms with Crippen LogP contribution in [0.3, 0.4) is 0 Å². The number of hydrogen-bond donors (Lipinski definition) is 0. The van der Waals surface area contributed by atoms with Crippen LogP contribution in [-0.4, -0.2) is 67.7 Å². The number of amides is 1. The predicted octanol–water partition coefficient (Wildman–Crippen LogP) is 2.88. The fraction of sp³-hybridized carbons (Fsp3) is 0.381. The fourth-order valence-electron chi connectivity index (χ4n) is 3.95. The summed E-state index contributed by atoms with van der Waals surface area (Å²) in [6, 6.07) is 12.8. The molecule has 4 rings (SSSR count). The Hall–Kier alpha value is -1.64. The van der Waals surface area contributed by atoms with Crippen molar-refractivity contribution in [2.75, 3.05) is 39.3 Å². The Balaban J connectivity index is 1.35. The summed E-state index contributed by atoms with van der Waals surface area (Å²) in [6.45, 7) is 3.26. The van der Waals surface area contributed by atoms with Gasteiger partial charge in [0, 0.05) is 39.3 Å². The lowest BCUT2D eigenvalue weighted by molar-refractivity contribution is -0.133. The number of nitrogens with zero attached hydrogens (tertiary/aromatic N) is 3. The molecular formula is C21H23Cl2N3O3S. The summed E-state index contributed by atoms with van der Waals surface area (Å²) >= 11 is 12.1. The van der Waals surface area contributed by atoms with Crippen molar-refractivity contribution >= 4 is 39.1 Å². The molecule has 1 fully saturated rings. The first-order valence-corrected chi connectivity index (χ1v) is 12.1. The zero-order valence-electron chi connectivity index (χ0n) is 16.4. The smallest absolute Gasteiger partial charge is 0.244 e. The summed E-state index contributed by atoms with van der Waals surface area (Å²) in [4.78, 5) is 16.7. The van der Waals surface area contributed by atoms with E-state index in [9.17, 15) is 13.2 Å². The van der Waals surface area contributed by atoms with Crippen LogP contribution in [0.4, 0.5) is 0 Å². The van der Waals surface area contributed by atoms with Crippen LogP contribution >= 0.6 is 23.2 Å². The maximum atomic E-state index is 12.9. The number of carbonyl (C=O) groups is 1. The van der Waals surface area contributed by atoms with E-state index in [-0.39, 0.29) is 20.8 Å². The van der Waals surface area contributed by atoms with Gasteiger partial charge in [0.15, 0.2) is 0 Å². The Morgan fingerprint density at radius 3 is 2.33 bits per heavy atom. The second-order valence-electron chi connectivity index (χ2n) is 7.57. The molecule has 2 aromatic carbocycles. The van der Waals surface area contributed by atoms with Crippen LogP contribution in [0.1, 0.15) is 11.1 Å². The van der Waals surface area contributed by atoms with Gasteiger partial charge in [-0.3, -0.25) is 9.69 Å². The van der Waals surface area contributed by atoms with E-state index >= 15 is 0 Å². The number of sulfonamides is 1. The summed E-state index contributed by atoms with van der Waals surface area (Å²) in [6.07, 6.45) is 0.869. The lowest BCUT2D eigenvalue weighted by atomic mass is 10.00. The molecule has 2 aliphatic rings. The normalized spacial score (nSPS) is 18.3. The van der Waals surface area contributed by atoms with Crippen LogP contribution < -0.4 is 0 Å². The zero-order valence-corrected chi connectivity index (χ0v) is 18.8. The number of halogens is 2. The van der Waals surface area contributed by atoms with E-state index < -0.39 is 10.0 Å². The minimum atomic E-state index is -3.73. The molecule has 6 nitrogen and oxygen atoms in total. The fourth-order valence-corrected chi connectivity index (χ4v) is 6.11. The van der Waals surface area contributed by atoms with Crippen molar-refractivity contribution in [3.8, 4) is 0 Å². The van der Waals surface area contributed by atoms with Crippen molar-refractivity contribution in [3.05, 3.63) is 63.6 Å². The van der Waals surface area contributed by atoms with Crippen LogP contribution in [0, 0.1) is 0 Å². The first-order chi connectivity index (χ1) is 14.4. The molecule has 1 saturated heterocycles. The second kappa shape index (κ2) is 8.85. The molecule has 0 atom stereocenters. The molecule has 0 N–H and O–H groups in total. The number of hydrogen-bond acceptors (Lipinski definition) is 4. The van der Waals surface area contributed by atoms with E-state index in [0.717, 1.165) is 13.0 Å². The average Bonchev–Trinajstić information content (AvgIpc) is 2.75. The first-order valence-electron chi connectivity index (χ1n) is 9.87. The number of carbonyl (C=O) groups excluding carboxylic acids is 1. The Kier molecular flexibility index (Phi) is 6.36. The van der Waals surface area contributed by atoms with Crippen LogP contribution in [0.15, 0.2) is 47.4 Å². The second-order valence-corrected chi connectivity index (χ2v) is 10.3. The largest absolute Gasteiger partial charge is 0.337 e. The maximum Gasteiger partial charge on any atom is 0.244 e. The van der Waals surface area contributed by atoms with Crippen LogP contribution in [-0.2, 0) is 27.8 Å². The highest BCUT2D eigenvalue weighted by Crippen LogP contribution is 2.31. The molecule has 0 spiro atoms. The molecule has 0 radical (unpaired) electrons. The highest BCUT2D eigenvalue weighted by Gasteiger charge is 2.32. The summed E-state index contributed by atoms with van der Waals surface area (Å²) < 4.78 is 27.3. The Morgan fingerprint density at radius 1 is 0.900 bits per heavy atom. The molecule has 2 heterocycles. The minimum Gasteiger partial charge on any atom is -0.337 e. The molecule has 9 heteroatoms. The lowest BCUT2D eigenvalue weighted by Gasteiger charge is -2.35. The van der Waals surface area contributed by atoms with Gasteiger partial charge in [-0.15, -0.1) is 0 Å². The van der Waals surface area contributed by atoms with Gasteiger partial charge in [0.25, 0.3) is 0 Å². The van der Waals surface area contributed by atoms with Gasteiger partial charge in [-0.1, -0.05) is 53.5 Å². The van der Waals surface area contributed by atoms with Crippen molar-refractivity contribution in [1.82, 2.24) is 14.1 Å². The monoisotopic (exact) mass is 467 g/mol. The van der Waals surface area contributed by atoms with Gasteiger partial charge in [0.1, 0.15) is 4.90 Å².